The molecule has 0 spiro atoms. The molecule has 0 aromatic carbocycles. The molecule has 1 heterocycles. The second-order valence-corrected chi connectivity index (χ2v) is 7.13. The number of rotatable bonds is 5. The smallest absolute Gasteiger partial charge is 0.258 e. The summed E-state index contributed by atoms with van der Waals surface area (Å²) in [6.07, 6.45) is 8.77. The lowest BCUT2D eigenvalue weighted by Crippen LogP contribution is -2.30. The lowest BCUT2D eigenvalue weighted by molar-refractivity contribution is 0.0952. The van der Waals surface area contributed by atoms with Crippen molar-refractivity contribution in [2.75, 3.05) is 24.2 Å². The monoisotopic (exact) mass is 308 g/mol. The summed E-state index contributed by atoms with van der Waals surface area (Å²) in [5, 5.41) is 3.93. The van der Waals surface area contributed by atoms with Gasteiger partial charge in [-0.1, -0.05) is 19.3 Å². The predicted molar refractivity (Wildman–Crippen MR) is 86.9 cm³/mol. The molecule has 2 aliphatic rings. The summed E-state index contributed by atoms with van der Waals surface area (Å²) >= 11 is 1.34. The van der Waals surface area contributed by atoms with E-state index in [-0.39, 0.29) is 5.91 Å². The van der Waals surface area contributed by atoms with Crippen LogP contribution in [0.15, 0.2) is 0 Å². The van der Waals surface area contributed by atoms with Crippen molar-refractivity contribution < 1.29 is 4.79 Å². The second kappa shape index (κ2) is 6.22. The molecule has 2 aliphatic carbocycles. The molecule has 0 unspecified atom stereocenters. The van der Waals surface area contributed by atoms with Gasteiger partial charge in [0.2, 0.25) is 0 Å². The Balaban J connectivity index is 1.69. The van der Waals surface area contributed by atoms with Crippen molar-refractivity contribution in [3.05, 3.63) is 5.56 Å². The van der Waals surface area contributed by atoms with E-state index in [2.05, 4.69) is 21.6 Å². The highest BCUT2D eigenvalue weighted by atomic mass is 32.1. The summed E-state index contributed by atoms with van der Waals surface area (Å²) in [5.41, 5.74) is 6.50. The van der Waals surface area contributed by atoms with Crippen LogP contribution in [0.25, 0.3) is 0 Å². The number of aromatic nitrogens is 1. The third-order valence-electron chi connectivity index (χ3n) is 4.44. The zero-order chi connectivity index (χ0) is 14.8. The van der Waals surface area contributed by atoms with Crippen LogP contribution in [0.4, 0.5) is 10.8 Å². The molecule has 1 aromatic rings. The molecule has 2 fully saturated rings. The van der Waals surface area contributed by atoms with Crippen molar-refractivity contribution in [1.29, 1.82) is 0 Å². The molecule has 3 rings (SSSR count). The Kier molecular flexibility index (Phi) is 4.33. The van der Waals surface area contributed by atoms with Crippen molar-refractivity contribution in [3.63, 3.8) is 0 Å². The lowest BCUT2D eigenvalue weighted by atomic mass is 9.89. The summed E-state index contributed by atoms with van der Waals surface area (Å²) < 4.78 is 4.20. The molecule has 0 radical (unpaired) electrons. The van der Waals surface area contributed by atoms with Gasteiger partial charge in [-0.2, -0.15) is 4.37 Å². The third-order valence-corrected chi connectivity index (χ3v) is 5.42. The quantitative estimate of drug-likeness (QED) is 0.877. The standard InChI is InChI=1S/C15H24N4OS/c1-19(9-10-5-3-2-4-6-10)15-12(13(16)18-21-15)14(20)17-11-7-8-11/h10-11H,2-9H2,1H3,(H2,16,18)(H,17,20). The molecule has 0 saturated heterocycles. The first-order valence-corrected chi connectivity index (χ1v) is 8.69. The van der Waals surface area contributed by atoms with Gasteiger partial charge < -0.3 is 16.0 Å². The van der Waals surface area contributed by atoms with Gasteiger partial charge >= 0.3 is 0 Å². The number of hydrogen-bond acceptors (Lipinski definition) is 5. The van der Waals surface area contributed by atoms with Crippen molar-refractivity contribution in [3.8, 4) is 0 Å². The summed E-state index contributed by atoms with van der Waals surface area (Å²) in [6.45, 7) is 0.991. The molecule has 0 atom stereocenters. The number of nitrogens with two attached hydrogens (primary N) is 1. The highest BCUT2D eigenvalue weighted by molar-refractivity contribution is 7.11. The fraction of sp³-hybridized carbons (Fsp3) is 0.733. The maximum atomic E-state index is 12.3. The molecule has 116 valence electrons. The van der Waals surface area contributed by atoms with Crippen LogP contribution in [-0.4, -0.2) is 29.9 Å². The SMILES string of the molecule is CN(CC1CCCCC1)c1snc(N)c1C(=O)NC1CC1. The van der Waals surface area contributed by atoms with E-state index in [0.29, 0.717) is 17.4 Å². The average Bonchev–Trinajstić information content (AvgIpc) is 3.19. The number of anilines is 2. The topological polar surface area (TPSA) is 71.2 Å². The first kappa shape index (κ1) is 14.6. The van der Waals surface area contributed by atoms with E-state index in [1.165, 1.54) is 43.6 Å². The molecular weight excluding hydrogens is 284 g/mol. The van der Waals surface area contributed by atoms with E-state index >= 15 is 0 Å². The zero-order valence-corrected chi connectivity index (χ0v) is 13.4. The van der Waals surface area contributed by atoms with E-state index in [9.17, 15) is 4.79 Å². The first-order valence-electron chi connectivity index (χ1n) is 7.92. The first-order chi connectivity index (χ1) is 10.1. The van der Waals surface area contributed by atoms with Crippen molar-refractivity contribution in [2.45, 2.75) is 51.0 Å². The van der Waals surface area contributed by atoms with Crippen LogP contribution in [0.3, 0.4) is 0 Å². The molecular formula is C15H24N4OS. The number of nitrogens with one attached hydrogen (secondary N) is 1. The van der Waals surface area contributed by atoms with Crippen LogP contribution in [0.5, 0.6) is 0 Å². The third kappa shape index (κ3) is 3.48. The Hall–Kier alpha value is -1.30. The average molecular weight is 308 g/mol. The van der Waals surface area contributed by atoms with Gasteiger partial charge in [-0.15, -0.1) is 0 Å². The Labute approximate surface area is 130 Å². The minimum absolute atomic E-state index is 0.0609. The van der Waals surface area contributed by atoms with Crippen LogP contribution in [0, 0.1) is 5.92 Å². The summed E-state index contributed by atoms with van der Waals surface area (Å²) in [7, 11) is 2.05. The Morgan fingerprint density at radius 2 is 2.05 bits per heavy atom. The van der Waals surface area contributed by atoms with Gasteiger partial charge in [0.05, 0.1) is 0 Å². The highest BCUT2D eigenvalue weighted by Crippen LogP contribution is 2.33. The minimum Gasteiger partial charge on any atom is -0.382 e. The number of carbonyl (C=O) groups is 1. The van der Waals surface area contributed by atoms with Gasteiger partial charge in [0, 0.05) is 19.6 Å². The fourth-order valence-electron chi connectivity index (χ4n) is 3.09. The van der Waals surface area contributed by atoms with Gasteiger partial charge in [-0.3, -0.25) is 4.79 Å². The van der Waals surface area contributed by atoms with E-state index in [1.807, 2.05) is 0 Å². The number of carbonyl (C=O) groups excluding carboxylic acids is 1. The van der Waals surface area contributed by atoms with Crippen LogP contribution in [-0.2, 0) is 0 Å². The van der Waals surface area contributed by atoms with E-state index in [1.54, 1.807) is 0 Å². The molecule has 1 amide bonds. The summed E-state index contributed by atoms with van der Waals surface area (Å²) in [5.74, 6) is 1.03. The van der Waals surface area contributed by atoms with Crippen LogP contribution in [0.2, 0.25) is 0 Å². The van der Waals surface area contributed by atoms with E-state index in [4.69, 9.17) is 5.73 Å². The van der Waals surface area contributed by atoms with Crippen molar-refractivity contribution >= 4 is 28.3 Å². The van der Waals surface area contributed by atoms with Crippen LogP contribution >= 0.6 is 11.5 Å². The molecule has 0 aliphatic heterocycles. The molecule has 1 aromatic heterocycles. The maximum Gasteiger partial charge on any atom is 0.258 e. The Morgan fingerprint density at radius 3 is 2.71 bits per heavy atom. The highest BCUT2D eigenvalue weighted by Gasteiger charge is 2.29. The van der Waals surface area contributed by atoms with Crippen molar-refractivity contribution in [2.24, 2.45) is 5.92 Å². The van der Waals surface area contributed by atoms with E-state index in [0.717, 1.165) is 30.3 Å². The number of nitrogens with zero attached hydrogens (tertiary/aromatic N) is 2. The molecule has 6 heteroatoms. The Bertz CT molecular complexity index is 506. The predicted octanol–water partition coefficient (Wildman–Crippen LogP) is 2.63. The molecule has 21 heavy (non-hydrogen) atoms. The summed E-state index contributed by atoms with van der Waals surface area (Å²) in [4.78, 5) is 14.5. The number of amides is 1. The lowest BCUT2D eigenvalue weighted by Gasteiger charge is -2.27. The molecule has 5 nitrogen and oxygen atoms in total. The van der Waals surface area contributed by atoms with Gasteiger partial charge in [-0.05, 0) is 43.1 Å². The second-order valence-electron chi connectivity index (χ2n) is 6.38. The minimum atomic E-state index is -0.0609. The molecule has 3 N–H and O–H groups in total. The zero-order valence-electron chi connectivity index (χ0n) is 12.6. The van der Waals surface area contributed by atoms with Gasteiger partial charge in [0.15, 0.2) is 5.82 Å². The van der Waals surface area contributed by atoms with Crippen LogP contribution in [0.1, 0.15) is 55.3 Å². The van der Waals surface area contributed by atoms with E-state index < -0.39 is 0 Å². The van der Waals surface area contributed by atoms with Gasteiger partial charge in [0.1, 0.15) is 10.6 Å². The summed E-state index contributed by atoms with van der Waals surface area (Å²) in [6, 6.07) is 0.341. The number of nitrogen functional groups attached to an aromatic ring is 1. The Morgan fingerprint density at radius 1 is 1.33 bits per heavy atom. The maximum absolute atomic E-state index is 12.3. The number of hydrogen-bond donors (Lipinski definition) is 2. The molecule has 0 bridgehead atoms. The van der Waals surface area contributed by atoms with Gasteiger partial charge in [-0.25, -0.2) is 0 Å². The fourth-order valence-corrected chi connectivity index (χ4v) is 3.87. The van der Waals surface area contributed by atoms with Gasteiger partial charge in [0.25, 0.3) is 5.91 Å². The normalized spacial score (nSPS) is 19.5. The van der Waals surface area contributed by atoms with Crippen molar-refractivity contribution in [1.82, 2.24) is 9.69 Å². The molecule has 2 saturated carbocycles. The largest absolute Gasteiger partial charge is 0.382 e. The van der Waals surface area contributed by atoms with Crippen LogP contribution < -0.4 is 16.0 Å².